The van der Waals surface area contributed by atoms with Gasteiger partial charge in [-0.05, 0) is 50.2 Å². The summed E-state index contributed by atoms with van der Waals surface area (Å²) in [6, 6.07) is 1.26. The summed E-state index contributed by atoms with van der Waals surface area (Å²) in [6.07, 6.45) is 3.87. The van der Waals surface area contributed by atoms with Gasteiger partial charge in [0, 0.05) is 10.9 Å². The van der Waals surface area contributed by atoms with E-state index in [0.717, 1.165) is 25.7 Å². The van der Waals surface area contributed by atoms with Crippen molar-refractivity contribution in [2.24, 2.45) is 5.92 Å². The smallest absolute Gasteiger partial charge is 0.348 e. The number of carbonyl (C=O) groups excluding carboxylic acids is 3. The zero-order valence-corrected chi connectivity index (χ0v) is 15.1. The number of carbonyl (C=O) groups is 3. The standard InChI is InChI=1S/C17H24N2O4S/c1-4-11(3)18-17(22)19-15(20)9-23-16(21)14-8-12-7-10(2)5-6-13(12)24-14/h8,10-11H,4-7,9H2,1-3H3,(H2,18,19,20,22)/t10-,11+/m1/s1. The van der Waals surface area contributed by atoms with Gasteiger partial charge in [0.15, 0.2) is 6.61 Å². The molecule has 132 valence electrons. The number of hydrogen-bond acceptors (Lipinski definition) is 5. The number of ether oxygens (including phenoxy) is 1. The molecule has 0 bridgehead atoms. The number of urea groups is 1. The Morgan fingerprint density at radius 3 is 2.88 bits per heavy atom. The summed E-state index contributed by atoms with van der Waals surface area (Å²) >= 11 is 1.44. The molecule has 0 saturated heterocycles. The lowest BCUT2D eigenvalue weighted by atomic mass is 9.90. The molecule has 1 aromatic rings. The van der Waals surface area contributed by atoms with Crippen molar-refractivity contribution >= 4 is 29.2 Å². The van der Waals surface area contributed by atoms with E-state index in [1.165, 1.54) is 21.8 Å². The number of fused-ring (bicyclic) bond motifs is 1. The van der Waals surface area contributed by atoms with E-state index in [4.69, 9.17) is 4.74 Å². The second kappa shape index (κ2) is 8.28. The lowest BCUT2D eigenvalue weighted by Gasteiger charge is -2.16. The molecule has 1 aromatic heterocycles. The number of hydrogen-bond donors (Lipinski definition) is 2. The van der Waals surface area contributed by atoms with Gasteiger partial charge in [-0.2, -0.15) is 0 Å². The third-order valence-electron chi connectivity index (χ3n) is 4.11. The molecule has 3 amide bonds. The van der Waals surface area contributed by atoms with E-state index in [1.807, 2.05) is 19.9 Å². The predicted octanol–water partition coefficient (Wildman–Crippen LogP) is 2.65. The minimum atomic E-state index is -0.640. The Labute approximate surface area is 146 Å². The Balaban J connectivity index is 1.81. The summed E-state index contributed by atoms with van der Waals surface area (Å²) in [5, 5.41) is 4.75. The summed E-state index contributed by atoms with van der Waals surface area (Å²) < 4.78 is 5.01. The first-order chi connectivity index (χ1) is 11.4. The number of amides is 3. The van der Waals surface area contributed by atoms with Crippen molar-refractivity contribution in [2.45, 2.75) is 52.5 Å². The molecular formula is C17H24N2O4S. The van der Waals surface area contributed by atoms with Gasteiger partial charge < -0.3 is 10.1 Å². The van der Waals surface area contributed by atoms with Crippen LogP contribution in [0.3, 0.4) is 0 Å². The molecule has 0 aromatic carbocycles. The van der Waals surface area contributed by atoms with Gasteiger partial charge in [0.05, 0.1) is 0 Å². The fraction of sp³-hybridized carbons (Fsp3) is 0.588. The minimum absolute atomic E-state index is 0.0276. The highest BCUT2D eigenvalue weighted by molar-refractivity contribution is 7.14. The zero-order chi connectivity index (χ0) is 17.7. The molecule has 6 nitrogen and oxygen atoms in total. The van der Waals surface area contributed by atoms with E-state index in [9.17, 15) is 14.4 Å². The Bertz CT molecular complexity index is 626. The number of esters is 1. The van der Waals surface area contributed by atoms with E-state index >= 15 is 0 Å². The number of imide groups is 1. The maximum Gasteiger partial charge on any atom is 0.348 e. The van der Waals surface area contributed by atoms with Gasteiger partial charge in [-0.3, -0.25) is 10.1 Å². The van der Waals surface area contributed by atoms with Crippen LogP contribution in [-0.2, 0) is 22.4 Å². The highest BCUT2D eigenvalue weighted by Gasteiger charge is 2.22. The molecule has 1 heterocycles. The molecule has 2 atom stereocenters. The van der Waals surface area contributed by atoms with Crippen molar-refractivity contribution in [1.29, 1.82) is 0 Å². The van der Waals surface area contributed by atoms with Gasteiger partial charge in [0.2, 0.25) is 0 Å². The highest BCUT2D eigenvalue weighted by atomic mass is 32.1. The predicted molar refractivity (Wildman–Crippen MR) is 92.2 cm³/mol. The van der Waals surface area contributed by atoms with Crippen LogP contribution in [0.2, 0.25) is 0 Å². The fourth-order valence-electron chi connectivity index (χ4n) is 2.53. The number of thiophene rings is 1. The monoisotopic (exact) mass is 352 g/mol. The van der Waals surface area contributed by atoms with E-state index in [2.05, 4.69) is 17.6 Å². The molecule has 0 spiro atoms. The lowest BCUT2D eigenvalue weighted by Crippen LogP contribution is -2.44. The summed E-state index contributed by atoms with van der Waals surface area (Å²) in [5.41, 5.74) is 1.21. The van der Waals surface area contributed by atoms with Crippen LogP contribution >= 0.6 is 11.3 Å². The molecule has 0 saturated carbocycles. The minimum Gasteiger partial charge on any atom is -0.451 e. The maximum absolute atomic E-state index is 12.1. The Morgan fingerprint density at radius 2 is 2.17 bits per heavy atom. The maximum atomic E-state index is 12.1. The summed E-state index contributed by atoms with van der Waals surface area (Å²) in [4.78, 5) is 37.0. The topological polar surface area (TPSA) is 84.5 Å². The molecule has 0 aliphatic heterocycles. The molecular weight excluding hydrogens is 328 g/mol. The molecule has 0 unspecified atom stereocenters. The van der Waals surface area contributed by atoms with Crippen LogP contribution < -0.4 is 10.6 Å². The van der Waals surface area contributed by atoms with Gasteiger partial charge in [0.25, 0.3) is 5.91 Å². The summed E-state index contributed by atoms with van der Waals surface area (Å²) in [5.74, 6) is -0.524. The Kier molecular flexibility index (Phi) is 6.36. The summed E-state index contributed by atoms with van der Waals surface area (Å²) in [7, 11) is 0. The normalized spacial score (nSPS) is 17.5. The van der Waals surface area contributed by atoms with E-state index in [0.29, 0.717) is 10.8 Å². The lowest BCUT2D eigenvalue weighted by molar-refractivity contribution is -0.123. The number of nitrogens with one attached hydrogen (secondary N) is 2. The molecule has 2 N–H and O–H groups in total. The third-order valence-corrected chi connectivity index (χ3v) is 5.32. The van der Waals surface area contributed by atoms with Crippen molar-refractivity contribution in [1.82, 2.24) is 10.6 Å². The first kappa shape index (κ1) is 18.4. The first-order valence-electron chi connectivity index (χ1n) is 8.28. The molecule has 1 aliphatic carbocycles. The SMILES string of the molecule is CC[C@H](C)NC(=O)NC(=O)COC(=O)c1cc2c(s1)CC[C@@H](C)C2. The van der Waals surface area contributed by atoms with Crippen molar-refractivity contribution in [3.05, 3.63) is 21.4 Å². The van der Waals surface area contributed by atoms with Crippen LogP contribution in [-0.4, -0.2) is 30.6 Å². The van der Waals surface area contributed by atoms with Crippen LogP contribution in [0.1, 0.15) is 53.7 Å². The molecule has 0 radical (unpaired) electrons. The van der Waals surface area contributed by atoms with Crippen LogP contribution in [0.15, 0.2) is 6.07 Å². The summed E-state index contributed by atoms with van der Waals surface area (Å²) in [6.45, 7) is 5.50. The van der Waals surface area contributed by atoms with E-state index in [1.54, 1.807) is 0 Å². The van der Waals surface area contributed by atoms with Gasteiger partial charge in [-0.15, -0.1) is 11.3 Å². The van der Waals surface area contributed by atoms with Crippen LogP contribution in [0.25, 0.3) is 0 Å². The van der Waals surface area contributed by atoms with Crippen molar-refractivity contribution in [2.75, 3.05) is 6.61 Å². The molecule has 7 heteroatoms. The van der Waals surface area contributed by atoms with E-state index in [-0.39, 0.29) is 6.04 Å². The average molecular weight is 352 g/mol. The third kappa shape index (κ3) is 5.06. The van der Waals surface area contributed by atoms with Gasteiger partial charge in [0.1, 0.15) is 4.88 Å². The Morgan fingerprint density at radius 1 is 1.42 bits per heavy atom. The highest BCUT2D eigenvalue weighted by Crippen LogP contribution is 2.32. The van der Waals surface area contributed by atoms with Crippen LogP contribution in [0.5, 0.6) is 0 Å². The van der Waals surface area contributed by atoms with Gasteiger partial charge in [-0.25, -0.2) is 9.59 Å². The van der Waals surface area contributed by atoms with Crippen molar-refractivity contribution in [3.8, 4) is 0 Å². The van der Waals surface area contributed by atoms with Crippen LogP contribution in [0.4, 0.5) is 4.79 Å². The van der Waals surface area contributed by atoms with Crippen molar-refractivity contribution in [3.63, 3.8) is 0 Å². The number of rotatable bonds is 5. The van der Waals surface area contributed by atoms with Crippen molar-refractivity contribution < 1.29 is 19.1 Å². The molecule has 0 fully saturated rings. The Hall–Kier alpha value is -1.89. The average Bonchev–Trinajstić information content (AvgIpc) is 2.95. The van der Waals surface area contributed by atoms with Gasteiger partial charge in [-0.1, -0.05) is 13.8 Å². The first-order valence-corrected chi connectivity index (χ1v) is 9.09. The molecule has 24 heavy (non-hydrogen) atoms. The van der Waals surface area contributed by atoms with Crippen LogP contribution in [0, 0.1) is 5.92 Å². The second-order valence-corrected chi connectivity index (χ2v) is 7.45. The number of aryl methyl sites for hydroxylation is 1. The van der Waals surface area contributed by atoms with Gasteiger partial charge >= 0.3 is 12.0 Å². The quantitative estimate of drug-likeness (QED) is 0.798. The largest absolute Gasteiger partial charge is 0.451 e. The van der Waals surface area contributed by atoms with E-state index < -0.39 is 24.5 Å². The second-order valence-electron chi connectivity index (χ2n) is 6.31. The fourth-order valence-corrected chi connectivity index (χ4v) is 3.64. The molecule has 2 rings (SSSR count). The molecule has 1 aliphatic rings. The zero-order valence-electron chi connectivity index (χ0n) is 14.3.